The number of methoxy groups -OCH3 is 2. The zero-order chi connectivity index (χ0) is 21.8. The van der Waals surface area contributed by atoms with Crippen molar-refractivity contribution in [3.8, 4) is 22.8 Å². The summed E-state index contributed by atoms with van der Waals surface area (Å²) in [6.07, 6.45) is 0.696. The monoisotopic (exact) mass is 441 g/mol. The number of aromatic amines is 1. The minimum Gasteiger partial charge on any atom is -0.497 e. The molecule has 0 radical (unpaired) electrons. The molecule has 1 fully saturated rings. The van der Waals surface area contributed by atoms with Crippen LogP contribution in [0.4, 0.5) is 4.39 Å². The van der Waals surface area contributed by atoms with Gasteiger partial charge in [0.25, 0.3) is 5.91 Å². The Morgan fingerprint density at radius 2 is 2.00 bits per heavy atom. The maximum Gasteiger partial charge on any atom is 0.271 e. The van der Waals surface area contributed by atoms with Crippen LogP contribution in [0.3, 0.4) is 0 Å². The van der Waals surface area contributed by atoms with E-state index in [1.165, 1.54) is 6.07 Å². The quantitative estimate of drug-likeness (QED) is 0.629. The second-order valence-corrected chi connectivity index (χ2v) is 8.51. The first kappa shape index (κ1) is 21.2. The van der Waals surface area contributed by atoms with Crippen LogP contribution in [0.2, 0.25) is 0 Å². The molecule has 2 aromatic carbocycles. The van der Waals surface area contributed by atoms with Gasteiger partial charge in [0.05, 0.1) is 19.9 Å². The number of nitrogens with zero attached hydrogens (tertiary/aromatic N) is 2. The molecule has 8 heteroatoms. The molecule has 1 saturated heterocycles. The van der Waals surface area contributed by atoms with Crippen molar-refractivity contribution in [2.75, 3.05) is 33.1 Å². The SMILES string of the molecule is COc1ccc(OC)c(-c2cc(C(=O)N3CCSC(c4ccccc4F)CC3)[nH]n2)c1. The fraction of sp³-hybridized carbons (Fsp3) is 0.304. The number of ether oxygens (including phenoxy) is 2. The maximum absolute atomic E-state index is 14.2. The second kappa shape index (κ2) is 9.43. The lowest BCUT2D eigenvalue weighted by molar-refractivity contribution is 0.0760. The average Bonchev–Trinajstić information content (AvgIpc) is 3.17. The Morgan fingerprint density at radius 1 is 1.16 bits per heavy atom. The molecule has 1 aliphatic heterocycles. The first-order valence-electron chi connectivity index (χ1n) is 10.0. The Morgan fingerprint density at radius 3 is 2.77 bits per heavy atom. The van der Waals surface area contributed by atoms with Crippen molar-refractivity contribution >= 4 is 17.7 Å². The zero-order valence-corrected chi connectivity index (χ0v) is 18.2. The van der Waals surface area contributed by atoms with Crippen LogP contribution in [0.1, 0.15) is 27.7 Å². The van der Waals surface area contributed by atoms with Gasteiger partial charge in [0.15, 0.2) is 0 Å². The van der Waals surface area contributed by atoms with E-state index in [1.807, 2.05) is 24.3 Å². The first-order chi connectivity index (χ1) is 15.1. The van der Waals surface area contributed by atoms with E-state index in [2.05, 4.69) is 10.2 Å². The summed E-state index contributed by atoms with van der Waals surface area (Å²) in [6.45, 7) is 1.16. The highest BCUT2D eigenvalue weighted by Crippen LogP contribution is 2.36. The van der Waals surface area contributed by atoms with E-state index in [4.69, 9.17) is 9.47 Å². The van der Waals surface area contributed by atoms with Crippen molar-refractivity contribution in [3.05, 3.63) is 65.6 Å². The van der Waals surface area contributed by atoms with Gasteiger partial charge in [0, 0.05) is 35.2 Å². The third kappa shape index (κ3) is 4.54. The summed E-state index contributed by atoms with van der Waals surface area (Å²) in [6, 6.07) is 14.0. The van der Waals surface area contributed by atoms with Gasteiger partial charge in [-0.15, -0.1) is 0 Å². The molecule has 6 nitrogen and oxygen atoms in total. The van der Waals surface area contributed by atoms with Gasteiger partial charge in [-0.25, -0.2) is 4.39 Å². The molecule has 0 aliphatic carbocycles. The number of halogens is 1. The first-order valence-corrected chi connectivity index (χ1v) is 11.1. The van der Waals surface area contributed by atoms with Crippen LogP contribution < -0.4 is 9.47 Å². The predicted molar refractivity (Wildman–Crippen MR) is 119 cm³/mol. The zero-order valence-electron chi connectivity index (χ0n) is 17.4. The Balaban J connectivity index is 1.50. The number of benzene rings is 2. The predicted octanol–water partition coefficient (Wildman–Crippen LogP) is 4.55. The van der Waals surface area contributed by atoms with Crippen LogP contribution in [0.5, 0.6) is 11.5 Å². The Hall–Kier alpha value is -3.00. The summed E-state index contributed by atoms with van der Waals surface area (Å²) < 4.78 is 24.9. The molecule has 31 heavy (non-hydrogen) atoms. The minimum absolute atomic E-state index is 0.0392. The lowest BCUT2D eigenvalue weighted by atomic mass is 10.1. The number of carbonyl (C=O) groups excluding carboxylic acids is 1. The van der Waals surface area contributed by atoms with Gasteiger partial charge in [-0.2, -0.15) is 16.9 Å². The number of hydrogen-bond acceptors (Lipinski definition) is 5. The molecule has 1 unspecified atom stereocenters. The highest BCUT2D eigenvalue weighted by atomic mass is 32.2. The maximum atomic E-state index is 14.2. The summed E-state index contributed by atoms with van der Waals surface area (Å²) in [5.41, 5.74) is 2.46. The molecule has 4 rings (SSSR count). The van der Waals surface area contributed by atoms with E-state index < -0.39 is 0 Å². The Bertz CT molecular complexity index is 1070. The van der Waals surface area contributed by atoms with E-state index in [0.717, 1.165) is 11.3 Å². The lowest BCUT2D eigenvalue weighted by Crippen LogP contribution is -2.33. The lowest BCUT2D eigenvalue weighted by Gasteiger charge is -2.19. The standard InChI is InChI=1S/C23H24FN3O3S/c1-29-15-7-8-21(30-2)17(13-15)19-14-20(26-25-19)23(28)27-10-9-22(31-12-11-27)16-5-3-4-6-18(16)24/h3-8,13-14,22H,9-12H2,1-2H3,(H,25,26). The van der Waals surface area contributed by atoms with E-state index >= 15 is 0 Å². The highest BCUT2D eigenvalue weighted by molar-refractivity contribution is 7.99. The molecule has 0 saturated carbocycles. The Kier molecular flexibility index (Phi) is 6.46. The smallest absolute Gasteiger partial charge is 0.271 e. The number of rotatable bonds is 5. The fourth-order valence-electron chi connectivity index (χ4n) is 3.71. The summed E-state index contributed by atoms with van der Waals surface area (Å²) >= 11 is 1.69. The van der Waals surface area contributed by atoms with Gasteiger partial charge < -0.3 is 14.4 Å². The van der Waals surface area contributed by atoms with Crippen molar-refractivity contribution in [2.24, 2.45) is 0 Å². The van der Waals surface area contributed by atoms with Crippen molar-refractivity contribution < 1.29 is 18.7 Å². The molecule has 1 aliphatic rings. The van der Waals surface area contributed by atoms with E-state index in [0.29, 0.717) is 48.0 Å². The highest BCUT2D eigenvalue weighted by Gasteiger charge is 2.25. The molecule has 1 aromatic heterocycles. The molecular formula is C23H24FN3O3S. The third-order valence-corrected chi connectivity index (χ3v) is 6.68. The molecule has 2 heterocycles. The average molecular weight is 442 g/mol. The third-order valence-electron chi connectivity index (χ3n) is 5.37. The van der Waals surface area contributed by atoms with Crippen LogP contribution in [0, 0.1) is 5.82 Å². The molecule has 3 aromatic rings. The van der Waals surface area contributed by atoms with Crippen molar-refractivity contribution in [1.82, 2.24) is 15.1 Å². The van der Waals surface area contributed by atoms with Crippen LogP contribution >= 0.6 is 11.8 Å². The summed E-state index contributed by atoms with van der Waals surface area (Å²) in [5.74, 6) is 1.76. The fourth-order valence-corrected chi connectivity index (χ4v) is 4.96. The van der Waals surface area contributed by atoms with Crippen LogP contribution in [-0.4, -0.2) is 54.1 Å². The number of H-pyrrole nitrogens is 1. The number of aromatic nitrogens is 2. The van der Waals surface area contributed by atoms with Crippen molar-refractivity contribution in [2.45, 2.75) is 11.7 Å². The Labute approximate surface area is 184 Å². The van der Waals surface area contributed by atoms with Crippen molar-refractivity contribution in [3.63, 3.8) is 0 Å². The molecule has 0 bridgehead atoms. The molecule has 1 amide bonds. The van der Waals surface area contributed by atoms with Crippen molar-refractivity contribution in [1.29, 1.82) is 0 Å². The number of nitrogens with one attached hydrogen (secondary N) is 1. The summed E-state index contributed by atoms with van der Waals surface area (Å²) in [4.78, 5) is 14.9. The second-order valence-electron chi connectivity index (χ2n) is 7.19. The molecule has 1 N–H and O–H groups in total. The van der Waals surface area contributed by atoms with Gasteiger partial charge in [0.1, 0.15) is 23.0 Å². The van der Waals surface area contributed by atoms with Gasteiger partial charge >= 0.3 is 0 Å². The van der Waals surface area contributed by atoms with Gasteiger partial charge in [-0.1, -0.05) is 18.2 Å². The van der Waals surface area contributed by atoms with Crippen LogP contribution in [0.15, 0.2) is 48.5 Å². The van der Waals surface area contributed by atoms with E-state index in [-0.39, 0.29) is 17.0 Å². The molecule has 1 atom stereocenters. The molecular weight excluding hydrogens is 417 g/mol. The summed E-state index contributed by atoms with van der Waals surface area (Å²) in [7, 11) is 3.18. The minimum atomic E-state index is -0.190. The number of thioether (sulfide) groups is 1. The molecule has 0 spiro atoms. The van der Waals surface area contributed by atoms with Gasteiger partial charge in [0.2, 0.25) is 0 Å². The number of amides is 1. The molecule has 162 valence electrons. The largest absolute Gasteiger partial charge is 0.497 e. The normalized spacial score (nSPS) is 16.6. The number of hydrogen-bond donors (Lipinski definition) is 1. The van der Waals surface area contributed by atoms with Crippen LogP contribution in [-0.2, 0) is 0 Å². The van der Waals surface area contributed by atoms with E-state index in [9.17, 15) is 9.18 Å². The van der Waals surface area contributed by atoms with Gasteiger partial charge in [-0.05, 0) is 36.8 Å². The summed E-state index contributed by atoms with van der Waals surface area (Å²) in [5, 5.41) is 7.22. The topological polar surface area (TPSA) is 67.5 Å². The van der Waals surface area contributed by atoms with E-state index in [1.54, 1.807) is 49.1 Å². The number of carbonyl (C=O) groups is 1. The van der Waals surface area contributed by atoms with Gasteiger partial charge in [-0.3, -0.25) is 9.89 Å². The van der Waals surface area contributed by atoms with Crippen LogP contribution in [0.25, 0.3) is 11.3 Å².